The maximum atomic E-state index is 13.1. The van der Waals surface area contributed by atoms with Gasteiger partial charge in [0.05, 0.1) is 12.3 Å². The summed E-state index contributed by atoms with van der Waals surface area (Å²) in [6.07, 6.45) is 1.46. The number of rotatable bonds is 7. The molecule has 0 aromatic heterocycles. The Bertz CT molecular complexity index is 1290. The molecule has 1 fully saturated rings. The minimum atomic E-state index is -0.795. The van der Waals surface area contributed by atoms with Gasteiger partial charge in [-0.1, -0.05) is 30.3 Å². The van der Waals surface area contributed by atoms with Crippen molar-refractivity contribution in [3.63, 3.8) is 0 Å². The van der Waals surface area contributed by atoms with Gasteiger partial charge in [-0.15, -0.1) is 0 Å². The molecule has 35 heavy (non-hydrogen) atoms. The second kappa shape index (κ2) is 10.3. The van der Waals surface area contributed by atoms with E-state index in [9.17, 15) is 14.4 Å². The summed E-state index contributed by atoms with van der Waals surface area (Å²) in [5.74, 6) is -0.154. The number of imide groups is 2. The van der Waals surface area contributed by atoms with Gasteiger partial charge in [-0.25, -0.2) is 9.69 Å². The van der Waals surface area contributed by atoms with Crippen LogP contribution in [-0.4, -0.2) is 24.5 Å². The first-order valence-electron chi connectivity index (χ1n) is 11.3. The van der Waals surface area contributed by atoms with Crippen LogP contribution in [0.25, 0.3) is 6.08 Å². The zero-order valence-corrected chi connectivity index (χ0v) is 19.8. The lowest BCUT2D eigenvalue weighted by Crippen LogP contribution is -2.54. The SMILES string of the molecule is CCOc1ccc(N2C(=O)NC(=O)/C(=C\c3ccc(OCc4ccc(C)c(C)c4)cc3)C2=O)cc1. The van der Waals surface area contributed by atoms with Gasteiger partial charge in [0.15, 0.2) is 0 Å². The second-order valence-electron chi connectivity index (χ2n) is 8.16. The highest BCUT2D eigenvalue weighted by molar-refractivity contribution is 6.39. The summed E-state index contributed by atoms with van der Waals surface area (Å²) in [6.45, 7) is 6.93. The molecule has 4 amide bonds. The van der Waals surface area contributed by atoms with Gasteiger partial charge in [0, 0.05) is 0 Å². The van der Waals surface area contributed by atoms with Crippen LogP contribution in [0.2, 0.25) is 0 Å². The first-order chi connectivity index (χ1) is 16.9. The molecule has 1 aliphatic rings. The highest BCUT2D eigenvalue weighted by atomic mass is 16.5. The molecule has 7 heteroatoms. The number of nitrogens with one attached hydrogen (secondary N) is 1. The molecular formula is C28H26N2O5. The van der Waals surface area contributed by atoms with E-state index in [-0.39, 0.29) is 5.57 Å². The fourth-order valence-electron chi connectivity index (χ4n) is 3.64. The van der Waals surface area contributed by atoms with Crippen LogP contribution in [0.3, 0.4) is 0 Å². The molecule has 0 bridgehead atoms. The zero-order valence-electron chi connectivity index (χ0n) is 19.8. The van der Waals surface area contributed by atoms with Crippen molar-refractivity contribution in [1.29, 1.82) is 0 Å². The number of barbiturate groups is 1. The van der Waals surface area contributed by atoms with E-state index in [0.29, 0.717) is 36.0 Å². The van der Waals surface area contributed by atoms with E-state index in [1.807, 2.05) is 13.0 Å². The quantitative estimate of drug-likeness (QED) is 0.390. The van der Waals surface area contributed by atoms with Crippen molar-refractivity contribution in [3.8, 4) is 11.5 Å². The third-order valence-electron chi connectivity index (χ3n) is 5.68. The van der Waals surface area contributed by atoms with Crippen LogP contribution in [0.5, 0.6) is 11.5 Å². The molecule has 178 valence electrons. The van der Waals surface area contributed by atoms with Crippen LogP contribution in [0, 0.1) is 13.8 Å². The Morgan fingerprint density at radius 2 is 1.49 bits per heavy atom. The molecule has 0 aliphatic carbocycles. The van der Waals surface area contributed by atoms with Crippen molar-refractivity contribution in [2.75, 3.05) is 11.5 Å². The first-order valence-corrected chi connectivity index (χ1v) is 11.3. The maximum absolute atomic E-state index is 13.1. The number of nitrogens with zero attached hydrogens (tertiary/aromatic N) is 1. The molecule has 0 saturated carbocycles. The van der Waals surface area contributed by atoms with Crippen molar-refractivity contribution in [3.05, 3.63) is 94.6 Å². The number of aryl methyl sites for hydroxylation is 2. The third-order valence-corrected chi connectivity index (χ3v) is 5.68. The standard InChI is InChI=1S/C28H26N2O5/c1-4-34-23-13-9-22(10-14-23)30-27(32)25(26(31)29-28(30)33)16-20-7-11-24(12-8-20)35-17-21-6-5-18(2)19(3)15-21/h5-16H,4,17H2,1-3H3,(H,29,31,33)/b25-16+. The molecule has 7 nitrogen and oxygen atoms in total. The smallest absolute Gasteiger partial charge is 0.335 e. The van der Waals surface area contributed by atoms with E-state index in [2.05, 4.69) is 31.3 Å². The van der Waals surface area contributed by atoms with E-state index in [0.717, 1.165) is 10.5 Å². The second-order valence-corrected chi connectivity index (χ2v) is 8.16. The molecule has 1 saturated heterocycles. The van der Waals surface area contributed by atoms with Crippen LogP contribution < -0.4 is 19.7 Å². The molecule has 0 unspecified atom stereocenters. The lowest BCUT2D eigenvalue weighted by molar-refractivity contribution is -0.122. The minimum Gasteiger partial charge on any atom is -0.494 e. The third kappa shape index (κ3) is 5.41. The molecule has 4 rings (SSSR count). The largest absolute Gasteiger partial charge is 0.494 e. The van der Waals surface area contributed by atoms with Crippen molar-refractivity contribution in [2.24, 2.45) is 0 Å². The van der Waals surface area contributed by atoms with E-state index >= 15 is 0 Å². The predicted octanol–water partition coefficient (Wildman–Crippen LogP) is 4.95. The van der Waals surface area contributed by atoms with Gasteiger partial charge in [-0.05, 0) is 85.5 Å². The average molecular weight is 471 g/mol. The maximum Gasteiger partial charge on any atom is 0.335 e. The number of anilines is 1. The Morgan fingerprint density at radius 1 is 0.829 bits per heavy atom. The number of carbonyl (C=O) groups is 3. The molecular weight excluding hydrogens is 444 g/mol. The number of ether oxygens (including phenoxy) is 2. The predicted molar refractivity (Wildman–Crippen MR) is 133 cm³/mol. The Labute approximate surface area is 204 Å². The fraction of sp³-hybridized carbons (Fsp3) is 0.179. The Kier molecular flexibility index (Phi) is 6.96. The molecule has 3 aromatic rings. The highest BCUT2D eigenvalue weighted by Crippen LogP contribution is 2.25. The number of amides is 4. The highest BCUT2D eigenvalue weighted by Gasteiger charge is 2.36. The summed E-state index contributed by atoms with van der Waals surface area (Å²) in [5.41, 5.74) is 4.34. The topological polar surface area (TPSA) is 84.9 Å². The van der Waals surface area contributed by atoms with Gasteiger partial charge in [0.1, 0.15) is 23.7 Å². The zero-order chi connectivity index (χ0) is 24.9. The van der Waals surface area contributed by atoms with Crippen LogP contribution >= 0.6 is 0 Å². The summed E-state index contributed by atoms with van der Waals surface area (Å²) in [7, 11) is 0. The summed E-state index contributed by atoms with van der Waals surface area (Å²) in [4.78, 5) is 38.8. The van der Waals surface area contributed by atoms with Crippen molar-refractivity contribution in [2.45, 2.75) is 27.4 Å². The Morgan fingerprint density at radius 3 is 2.14 bits per heavy atom. The number of hydrogen-bond donors (Lipinski definition) is 1. The molecule has 0 spiro atoms. The van der Waals surface area contributed by atoms with E-state index < -0.39 is 17.8 Å². The van der Waals surface area contributed by atoms with Crippen LogP contribution in [0.15, 0.2) is 72.3 Å². The van der Waals surface area contributed by atoms with Gasteiger partial charge >= 0.3 is 6.03 Å². The monoisotopic (exact) mass is 470 g/mol. The van der Waals surface area contributed by atoms with Gasteiger partial charge in [-0.3, -0.25) is 14.9 Å². The molecule has 0 radical (unpaired) electrons. The van der Waals surface area contributed by atoms with Crippen molar-refractivity contribution in [1.82, 2.24) is 5.32 Å². The van der Waals surface area contributed by atoms with Crippen LogP contribution in [0.4, 0.5) is 10.5 Å². The van der Waals surface area contributed by atoms with Crippen molar-refractivity contribution >= 4 is 29.6 Å². The normalized spacial score (nSPS) is 14.8. The van der Waals surface area contributed by atoms with Gasteiger partial charge < -0.3 is 9.47 Å². The molecule has 1 aliphatic heterocycles. The summed E-state index contributed by atoms with van der Waals surface area (Å²) in [5, 5.41) is 2.23. The Hall–Kier alpha value is -4.39. The summed E-state index contributed by atoms with van der Waals surface area (Å²) >= 11 is 0. The van der Waals surface area contributed by atoms with E-state index in [1.54, 1.807) is 48.5 Å². The van der Waals surface area contributed by atoms with Gasteiger partial charge in [-0.2, -0.15) is 0 Å². The van der Waals surface area contributed by atoms with Crippen LogP contribution in [0.1, 0.15) is 29.2 Å². The summed E-state index contributed by atoms with van der Waals surface area (Å²) < 4.78 is 11.3. The van der Waals surface area contributed by atoms with Crippen molar-refractivity contribution < 1.29 is 23.9 Å². The number of hydrogen-bond acceptors (Lipinski definition) is 5. The average Bonchev–Trinajstić information content (AvgIpc) is 2.84. The lowest BCUT2D eigenvalue weighted by atomic mass is 10.1. The number of carbonyl (C=O) groups excluding carboxylic acids is 3. The molecule has 3 aromatic carbocycles. The minimum absolute atomic E-state index is 0.137. The molecule has 0 atom stereocenters. The summed E-state index contributed by atoms with van der Waals surface area (Å²) in [6, 6.07) is 19.0. The van der Waals surface area contributed by atoms with Gasteiger partial charge in [0.2, 0.25) is 0 Å². The van der Waals surface area contributed by atoms with Crippen LogP contribution in [-0.2, 0) is 16.2 Å². The number of urea groups is 1. The lowest BCUT2D eigenvalue weighted by Gasteiger charge is -2.26. The van der Waals surface area contributed by atoms with Gasteiger partial charge in [0.25, 0.3) is 11.8 Å². The number of benzene rings is 3. The fourth-order valence-corrected chi connectivity index (χ4v) is 3.64. The van der Waals surface area contributed by atoms with E-state index in [4.69, 9.17) is 9.47 Å². The molecule has 1 N–H and O–H groups in total. The first kappa shape index (κ1) is 23.8. The Balaban J connectivity index is 1.49. The van der Waals surface area contributed by atoms with E-state index in [1.165, 1.54) is 17.2 Å². The molecule has 1 heterocycles.